The van der Waals surface area contributed by atoms with E-state index in [1.165, 1.54) is 0 Å². The fourth-order valence-corrected chi connectivity index (χ4v) is 1.43. The van der Waals surface area contributed by atoms with Crippen LogP contribution in [0.1, 0.15) is 0 Å². The normalized spacial score (nSPS) is 11.1. The summed E-state index contributed by atoms with van der Waals surface area (Å²) in [5.74, 6) is 0. The van der Waals surface area contributed by atoms with Crippen LogP contribution in [0.15, 0.2) is 45.6 Å². The van der Waals surface area contributed by atoms with E-state index >= 15 is 0 Å². The van der Waals surface area contributed by atoms with Gasteiger partial charge in [0.15, 0.2) is 0 Å². The highest BCUT2D eigenvalue weighted by atomic mass is 16.1. The van der Waals surface area contributed by atoms with Crippen LogP contribution in [0.3, 0.4) is 0 Å². The summed E-state index contributed by atoms with van der Waals surface area (Å²) in [5.41, 5.74) is 0.580. The topological polar surface area (TPSA) is 60.8 Å². The summed E-state index contributed by atoms with van der Waals surface area (Å²) in [7, 11) is 3.59. The zero-order valence-corrected chi connectivity index (χ0v) is 9.14. The Hall–Kier alpha value is -2.17. The minimum atomic E-state index is -0.112. The van der Waals surface area contributed by atoms with Gasteiger partial charge in [0.05, 0.1) is 5.69 Å². The number of hydrogen-bond acceptors (Lipinski definition) is 3. The number of H-pyrrole nitrogens is 1. The van der Waals surface area contributed by atoms with Crippen LogP contribution < -0.4 is 5.56 Å². The molecule has 1 N–H and O–H groups in total. The van der Waals surface area contributed by atoms with Crippen molar-refractivity contribution < 1.29 is 0 Å². The maximum Gasteiger partial charge on any atom is 0.255 e. The third-order valence-electron chi connectivity index (χ3n) is 2.12. The average Bonchev–Trinajstić information content (AvgIpc) is 2.27. The van der Waals surface area contributed by atoms with E-state index in [1.807, 2.05) is 12.1 Å². The monoisotopic (exact) mass is 216 g/mol. The molecule has 0 saturated carbocycles. The Morgan fingerprint density at radius 2 is 2.00 bits per heavy atom. The Labute approximate surface area is 92.4 Å². The van der Waals surface area contributed by atoms with Gasteiger partial charge in [-0.1, -0.05) is 11.3 Å². The summed E-state index contributed by atoms with van der Waals surface area (Å²) in [6.07, 6.45) is 1.61. The molecule has 0 bridgehead atoms. The number of fused-ring (bicyclic) bond motifs is 1. The number of aromatic nitrogens is 1. The second kappa shape index (κ2) is 4.14. The summed E-state index contributed by atoms with van der Waals surface area (Å²) in [6, 6.07) is 7.21. The average molecular weight is 216 g/mol. The fraction of sp³-hybridized carbons (Fsp3) is 0.182. The molecule has 1 heterocycles. The van der Waals surface area contributed by atoms with E-state index in [-0.39, 0.29) is 5.56 Å². The van der Waals surface area contributed by atoms with Gasteiger partial charge in [-0.15, -0.1) is 5.11 Å². The maximum absolute atomic E-state index is 11.5. The molecule has 82 valence electrons. The van der Waals surface area contributed by atoms with Crippen molar-refractivity contribution in [3.8, 4) is 0 Å². The van der Waals surface area contributed by atoms with E-state index in [1.54, 1.807) is 37.4 Å². The summed E-state index contributed by atoms with van der Waals surface area (Å²) in [4.78, 5) is 14.2. The Morgan fingerprint density at radius 3 is 2.75 bits per heavy atom. The van der Waals surface area contributed by atoms with E-state index in [0.717, 1.165) is 5.39 Å². The lowest BCUT2D eigenvalue weighted by atomic mass is 10.1. The second-order valence-electron chi connectivity index (χ2n) is 3.58. The molecule has 2 rings (SSSR count). The minimum absolute atomic E-state index is 0.112. The maximum atomic E-state index is 11.5. The van der Waals surface area contributed by atoms with E-state index in [9.17, 15) is 4.79 Å². The van der Waals surface area contributed by atoms with Gasteiger partial charge >= 0.3 is 0 Å². The van der Waals surface area contributed by atoms with Crippen LogP contribution in [-0.4, -0.2) is 24.1 Å². The van der Waals surface area contributed by atoms with Crippen LogP contribution in [0.25, 0.3) is 10.8 Å². The highest BCUT2D eigenvalue weighted by Crippen LogP contribution is 2.23. The lowest BCUT2D eigenvalue weighted by Gasteiger charge is -2.02. The molecule has 0 aliphatic heterocycles. The van der Waals surface area contributed by atoms with Crippen LogP contribution in [0.4, 0.5) is 5.69 Å². The predicted molar refractivity (Wildman–Crippen MR) is 62.8 cm³/mol. The summed E-state index contributed by atoms with van der Waals surface area (Å²) >= 11 is 0. The molecular formula is C11H12N4O. The minimum Gasteiger partial charge on any atom is -0.329 e. The molecule has 0 radical (unpaired) electrons. The number of benzene rings is 1. The first-order valence-corrected chi connectivity index (χ1v) is 4.88. The summed E-state index contributed by atoms with van der Waals surface area (Å²) in [5, 5.41) is 11.0. The van der Waals surface area contributed by atoms with Gasteiger partial charge in [0, 0.05) is 31.1 Å². The highest BCUT2D eigenvalue weighted by Gasteiger charge is 2.01. The van der Waals surface area contributed by atoms with Gasteiger partial charge < -0.3 is 4.98 Å². The van der Waals surface area contributed by atoms with Crippen molar-refractivity contribution in [2.24, 2.45) is 10.3 Å². The molecule has 1 aromatic carbocycles. The Bertz CT molecular complexity index is 586. The molecule has 0 atom stereocenters. The van der Waals surface area contributed by atoms with Gasteiger partial charge in [-0.3, -0.25) is 9.80 Å². The molecule has 0 amide bonds. The van der Waals surface area contributed by atoms with Gasteiger partial charge in [-0.05, 0) is 18.2 Å². The Kier molecular flexibility index (Phi) is 2.68. The van der Waals surface area contributed by atoms with Gasteiger partial charge in [0.1, 0.15) is 0 Å². The molecule has 0 aliphatic rings. The third kappa shape index (κ3) is 1.93. The van der Waals surface area contributed by atoms with Crippen LogP contribution in [-0.2, 0) is 0 Å². The SMILES string of the molecule is CN(C)N=Nc1cccc2c(=O)[nH]ccc12. The molecule has 16 heavy (non-hydrogen) atoms. The molecular weight excluding hydrogens is 204 g/mol. The number of aromatic amines is 1. The molecule has 0 aliphatic carbocycles. The zero-order chi connectivity index (χ0) is 11.5. The molecule has 1 aromatic heterocycles. The number of pyridine rings is 1. The van der Waals surface area contributed by atoms with Crippen molar-refractivity contribution in [3.05, 3.63) is 40.8 Å². The summed E-state index contributed by atoms with van der Waals surface area (Å²) in [6.45, 7) is 0. The summed E-state index contributed by atoms with van der Waals surface area (Å²) < 4.78 is 0. The van der Waals surface area contributed by atoms with Crippen molar-refractivity contribution in [1.82, 2.24) is 9.99 Å². The molecule has 2 aromatic rings. The molecule has 0 fully saturated rings. The van der Waals surface area contributed by atoms with E-state index in [0.29, 0.717) is 11.1 Å². The fourth-order valence-electron chi connectivity index (χ4n) is 1.43. The Morgan fingerprint density at radius 1 is 1.19 bits per heavy atom. The Balaban J connectivity index is 2.63. The van der Waals surface area contributed by atoms with Crippen LogP contribution in [0, 0.1) is 0 Å². The molecule has 0 unspecified atom stereocenters. The van der Waals surface area contributed by atoms with E-state index < -0.39 is 0 Å². The molecule has 5 heteroatoms. The first-order valence-electron chi connectivity index (χ1n) is 4.88. The van der Waals surface area contributed by atoms with Gasteiger partial charge in [0.2, 0.25) is 0 Å². The lowest BCUT2D eigenvalue weighted by molar-refractivity contribution is 0.408. The van der Waals surface area contributed by atoms with Crippen molar-refractivity contribution >= 4 is 16.5 Å². The number of rotatable bonds is 2. The molecule has 5 nitrogen and oxygen atoms in total. The highest BCUT2D eigenvalue weighted by molar-refractivity contribution is 5.91. The van der Waals surface area contributed by atoms with Crippen molar-refractivity contribution in [1.29, 1.82) is 0 Å². The number of nitrogens with one attached hydrogen (secondary N) is 1. The molecule has 0 spiro atoms. The first-order chi connectivity index (χ1) is 7.68. The lowest BCUT2D eigenvalue weighted by Crippen LogP contribution is -2.04. The van der Waals surface area contributed by atoms with Gasteiger partial charge in [-0.2, -0.15) is 0 Å². The van der Waals surface area contributed by atoms with Crippen LogP contribution >= 0.6 is 0 Å². The van der Waals surface area contributed by atoms with Crippen molar-refractivity contribution in [2.75, 3.05) is 14.1 Å². The first kappa shape index (κ1) is 10.4. The zero-order valence-electron chi connectivity index (χ0n) is 9.14. The largest absolute Gasteiger partial charge is 0.329 e. The smallest absolute Gasteiger partial charge is 0.255 e. The van der Waals surface area contributed by atoms with Gasteiger partial charge in [-0.25, -0.2) is 0 Å². The number of nitrogens with zero attached hydrogens (tertiary/aromatic N) is 3. The van der Waals surface area contributed by atoms with Crippen molar-refractivity contribution in [3.63, 3.8) is 0 Å². The van der Waals surface area contributed by atoms with E-state index in [4.69, 9.17) is 0 Å². The number of hydrogen-bond donors (Lipinski definition) is 1. The standard InChI is InChI=1S/C11H12N4O/c1-15(2)14-13-10-5-3-4-9-8(10)6-7-12-11(9)16/h3-7H,1-2H3,(H,12,16). The second-order valence-corrected chi connectivity index (χ2v) is 3.58. The predicted octanol–water partition coefficient (Wildman–Crippen LogP) is 2.09. The van der Waals surface area contributed by atoms with E-state index in [2.05, 4.69) is 15.3 Å². The van der Waals surface area contributed by atoms with Crippen LogP contribution in [0.2, 0.25) is 0 Å². The third-order valence-corrected chi connectivity index (χ3v) is 2.12. The quantitative estimate of drug-likeness (QED) is 0.617. The van der Waals surface area contributed by atoms with Crippen molar-refractivity contribution in [2.45, 2.75) is 0 Å². The van der Waals surface area contributed by atoms with Crippen LogP contribution in [0.5, 0.6) is 0 Å². The van der Waals surface area contributed by atoms with Gasteiger partial charge in [0.25, 0.3) is 5.56 Å². The molecule has 0 saturated heterocycles.